The highest BCUT2D eigenvalue weighted by atomic mass is 35.5. The number of hydrogen-bond donors (Lipinski definition) is 1. The summed E-state index contributed by atoms with van der Waals surface area (Å²) in [6, 6.07) is 25.0. The van der Waals surface area contributed by atoms with Crippen LogP contribution in [-0.4, -0.2) is 29.5 Å². The highest BCUT2D eigenvalue weighted by molar-refractivity contribution is 5.85. The van der Waals surface area contributed by atoms with Crippen LogP contribution < -0.4 is 10.5 Å². The van der Waals surface area contributed by atoms with E-state index in [1.54, 1.807) is 6.20 Å². The number of rotatable bonds is 7. The van der Waals surface area contributed by atoms with Crippen LogP contribution in [0.3, 0.4) is 0 Å². The SMILES string of the molecule is Cl.Cl.NC[C@@H]1CN(Cc2ccc(OCc3ccccn3)cc2)C[C@H]1c1ccccc1. The molecule has 2 atom stereocenters. The van der Waals surface area contributed by atoms with Crippen LogP contribution in [-0.2, 0) is 13.2 Å². The molecule has 0 aliphatic carbocycles. The maximum Gasteiger partial charge on any atom is 0.130 e. The molecule has 2 N–H and O–H groups in total. The van der Waals surface area contributed by atoms with Crippen molar-refractivity contribution in [1.29, 1.82) is 0 Å². The number of hydrogen-bond acceptors (Lipinski definition) is 4. The van der Waals surface area contributed by atoms with Crippen LogP contribution in [0.2, 0.25) is 0 Å². The summed E-state index contributed by atoms with van der Waals surface area (Å²) in [6.45, 7) is 4.28. The van der Waals surface area contributed by atoms with Crippen LogP contribution in [0.4, 0.5) is 0 Å². The number of nitrogens with zero attached hydrogens (tertiary/aromatic N) is 2. The predicted molar refractivity (Wildman–Crippen MR) is 127 cm³/mol. The number of pyridine rings is 1. The Labute approximate surface area is 191 Å². The summed E-state index contributed by atoms with van der Waals surface area (Å²) in [7, 11) is 0. The number of ether oxygens (including phenoxy) is 1. The van der Waals surface area contributed by atoms with Crippen LogP contribution >= 0.6 is 24.8 Å². The first-order valence-electron chi connectivity index (χ1n) is 9.91. The molecule has 1 aliphatic rings. The van der Waals surface area contributed by atoms with Gasteiger partial charge in [-0.25, -0.2) is 0 Å². The third-order valence-electron chi connectivity index (χ3n) is 5.49. The zero-order chi connectivity index (χ0) is 19.2. The van der Waals surface area contributed by atoms with Gasteiger partial charge in [-0.1, -0.05) is 48.5 Å². The summed E-state index contributed by atoms with van der Waals surface area (Å²) in [6.07, 6.45) is 1.79. The van der Waals surface area contributed by atoms with Gasteiger partial charge in [0.1, 0.15) is 12.4 Å². The third-order valence-corrected chi connectivity index (χ3v) is 5.49. The molecular formula is C24H29Cl2N3O. The van der Waals surface area contributed by atoms with Gasteiger partial charge < -0.3 is 10.5 Å². The van der Waals surface area contributed by atoms with Crippen molar-refractivity contribution in [2.45, 2.75) is 19.1 Å². The second-order valence-electron chi connectivity index (χ2n) is 7.46. The van der Waals surface area contributed by atoms with E-state index < -0.39 is 0 Å². The van der Waals surface area contributed by atoms with Crippen LogP contribution in [0.25, 0.3) is 0 Å². The normalized spacial score (nSPS) is 18.3. The summed E-state index contributed by atoms with van der Waals surface area (Å²) in [5.41, 5.74) is 9.71. The van der Waals surface area contributed by atoms with Crippen molar-refractivity contribution in [2.24, 2.45) is 11.7 Å². The van der Waals surface area contributed by atoms with Crippen LogP contribution in [0.1, 0.15) is 22.7 Å². The van der Waals surface area contributed by atoms with Crippen molar-refractivity contribution in [3.05, 3.63) is 95.8 Å². The lowest BCUT2D eigenvalue weighted by Crippen LogP contribution is -2.23. The molecule has 3 aromatic rings. The zero-order valence-corrected chi connectivity index (χ0v) is 18.5. The molecule has 0 unspecified atom stereocenters. The first-order chi connectivity index (χ1) is 13.8. The number of halogens is 2. The fourth-order valence-electron chi connectivity index (χ4n) is 4.00. The molecule has 6 heteroatoms. The summed E-state index contributed by atoms with van der Waals surface area (Å²) in [5.74, 6) is 1.91. The molecule has 0 saturated carbocycles. The second-order valence-corrected chi connectivity index (χ2v) is 7.46. The van der Waals surface area contributed by atoms with E-state index in [0.29, 0.717) is 18.4 Å². The molecule has 4 rings (SSSR count). The first-order valence-corrected chi connectivity index (χ1v) is 9.91. The van der Waals surface area contributed by atoms with Gasteiger partial charge in [0.05, 0.1) is 5.69 Å². The van der Waals surface area contributed by atoms with Crippen molar-refractivity contribution in [3.63, 3.8) is 0 Å². The van der Waals surface area contributed by atoms with E-state index in [0.717, 1.165) is 37.6 Å². The highest BCUT2D eigenvalue weighted by Gasteiger charge is 2.32. The Bertz CT molecular complexity index is 863. The molecule has 0 bridgehead atoms. The predicted octanol–water partition coefficient (Wildman–Crippen LogP) is 4.68. The van der Waals surface area contributed by atoms with Crippen LogP contribution in [0.5, 0.6) is 5.75 Å². The van der Waals surface area contributed by atoms with E-state index in [9.17, 15) is 0 Å². The second kappa shape index (κ2) is 11.9. The van der Waals surface area contributed by atoms with Gasteiger partial charge in [-0.15, -0.1) is 24.8 Å². The fourth-order valence-corrected chi connectivity index (χ4v) is 4.00. The van der Waals surface area contributed by atoms with Crippen LogP contribution in [0, 0.1) is 5.92 Å². The van der Waals surface area contributed by atoms with E-state index in [1.165, 1.54) is 11.1 Å². The van der Waals surface area contributed by atoms with E-state index in [4.69, 9.17) is 10.5 Å². The van der Waals surface area contributed by atoms with Gasteiger partial charge in [0.25, 0.3) is 0 Å². The smallest absolute Gasteiger partial charge is 0.130 e. The molecule has 30 heavy (non-hydrogen) atoms. The molecular weight excluding hydrogens is 417 g/mol. The van der Waals surface area contributed by atoms with Crippen molar-refractivity contribution in [1.82, 2.24) is 9.88 Å². The quantitative estimate of drug-likeness (QED) is 0.573. The number of benzene rings is 2. The zero-order valence-electron chi connectivity index (χ0n) is 16.9. The Balaban J connectivity index is 0.00000160. The van der Waals surface area contributed by atoms with Gasteiger partial charge in [-0.05, 0) is 47.9 Å². The fraction of sp³-hybridized carbons (Fsp3) is 0.292. The van der Waals surface area contributed by atoms with Crippen molar-refractivity contribution in [3.8, 4) is 5.75 Å². The number of nitrogens with two attached hydrogens (primary N) is 1. The lowest BCUT2D eigenvalue weighted by molar-refractivity contribution is 0.300. The average molecular weight is 446 g/mol. The summed E-state index contributed by atoms with van der Waals surface area (Å²) in [5, 5.41) is 0. The van der Waals surface area contributed by atoms with E-state index in [2.05, 4.69) is 52.3 Å². The number of likely N-dealkylation sites (tertiary alicyclic amines) is 1. The van der Waals surface area contributed by atoms with E-state index in [-0.39, 0.29) is 24.8 Å². The monoisotopic (exact) mass is 445 g/mol. The van der Waals surface area contributed by atoms with Gasteiger partial charge >= 0.3 is 0 Å². The molecule has 2 aromatic carbocycles. The summed E-state index contributed by atoms with van der Waals surface area (Å²) < 4.78 is 5.83. The molecule has 160 valence electrons. The first kappa shape index (κ1) is 24.2. The highest BCUT2D eigenvalue weighted by Crippen LogP contribution is 2.32. The van der Waals surface area contributed by atoms with E-state index >= 15 is 0 Å². The van der Waals surface area contributed by atoms with Crippen molar-refractivity contribution < 1.29 is 4.74 Å². The molecule has 4 nitrogen and oxygen atoms in total. The van der Waals surface area contributed by atoms with Gasteiger partial charge in [-0.2, -0.15) is 0 Å². The Hall–Kier alpha value is -2.11. The molecule has 2 heterocycles. The summed E-state index contributed by atoms with van der Waals surface area (Å²) >= 11 is 0. The third kappa shape index (κ3) is 6.19. The Kier molecular flexibility index (Phi) is 9.60. The number of aromatic nitrogens is 1. The van der Waals surface area contributed by atoms with Gasteiger partial charge in [0, 0.05) is 31.7 Å². The lowest BCUT2D eigenvalue weighted by atomic mass is 9.89. The summed E-state index contributed by atoms with van der Waals surface area (Å²) in [4.78, 5) is 6.80. The molecule has 1 saturated heterocycles. The van der Waals surface area contributed by atoms with Gasteiger partial charge in [0.15, 0.2) is 0 Å². The maximum atomic E-state index is 6.07. The average Bonchev–Trinajstić information content (AvgIpc) is 3.17. The largest absolute Gasteiger partial charge is 0.487 e. The standard InChI is InChI=1S/C24H27N3O.2ClH/c25-14-21-16-27(17-24(21)20-6-2-1-3-7-20)15-19-9-11-23(12-10-19)28-18-22-8-4-5-13-26-22;;/h1-13,21,24H,14-18,25H2;2*1H/t21-,24+;;/m1../s1. The minimum Gasteiger partial charge on any atom is -0.487 e. The van der Waals surface area contributed by atoms with Gasteiger partial charge in [-0.3, -0.25) is 9.88 Å². The van der Waals surface area contributed by atoms with Gasteiger partial charge in [0.2, 0.25) is 0 Å². The molecule has 0 spiro atoms. The molecule has 1 aromatic heterocycles. The lowest BCUT2D eigenvalue weighted by Gasteiger charge is -2.17. The molecule has 0 radical (unpaired) electrons. The Morgan fingerprint density at radius 1 is 0.900 bits per heavy atom. The maximum absolute atomic E-state index is 6.07. The topological polar surface area (TPSA) is 51.4 Å². The Morgan fingerprint density at radius 3 is 2.30 bits per heavy atom. The minimum absolute atomic E-state index is 0. The molecule has 1 fully saturated rings. The molecule has 1 aliphatic heterocycles. The van der Waals surface area contributed by atoms with Crippen molar-refractivity contribution >= 4 is 24.8 Å². The van der Waals surface area contributed by atoms with Crippen LogP contribution in [0.15, 0.2) is 79.0 Å². The minimum atomic E-state index is 0. The Morgan fingerprint density at radius 2 is 1.63 bits per heavy atom. The van der Waals surface area contributed by atoms with E-state index in [1.807, 2.05) is 30.3 Å². The molecule has 0 amide bonds. The van der Waals surface area contributed by atoms with Crippen molar-refractivity contribution in [2.75, 3.05) is 19.6 Å².